The van der Waals surface area contributed by atoms with Crippen LogP contribution in [-0.4, -0.2) is 8.42 Å². The smallest absolute Gasteiger partial charge is 0.261 e. The van der Waals surface area contributed by atoms with Gasteiger partial charge in [-0.15, -0.1) is 0 Å². The van der Waals surface area contributed by atoms with Crippen LogP contribution in [0.3, 0.4) is 0 Å². The maximum atomic E-state index is 12.4. The number of aryl methyl sites for hydroxylation is 2. The zero-order valence-electron chi connectivity index (χ0n) is 12.8. The van der Waals surface area contributed by atoms with Crippen molar-refractivity contribution in [3.8, 4) is 0 Å². The highest BCUT2D eigenvalue weighted by molar-refractivity contribution is 7.92. The summed E-state index contributed by atoms with van der Waals surface area (Å²) in [6.45, 7) is 7.99. The molecule has 0 heterocycles. The number of benzene rings is 2. The van der Waals surface area contributed by atoms with Crippen LogP contribution in [0.2, 0.25) is 0 Å². The molecule has 1 N–H and O–H groups in total. The highest BCUT2D eigenvalue weighted by Crippen LogP contribution is 2.22. The standard InChI is InChI=1S/C17H21NO2S/c1-12(2)15-7-9-16(10-8-15)21(19,20)18-17-11-13(3)5-6-14(17)4/h5-12,18H,1-4H3. The van der Waals surface area contributed by atoms with Crippen LogP contribution in [-0.2, 0) is 10.0 Å². The average Bonchev–Trinajstić information content (AvgIpc) is 2.43. The van der Waals surface area contributed by atoms with Crippen molar-refractivity contribution in [2.24, 2.45) is 0 Å². The van der Waals surface area contributed by atoms with E-state index in [1.807, 2.05) is 44.2 Å². The Labute approximate surface area is 127 Å². The fourth-order valence-electron chi connectivity index (χ4n) is 2.08. The van der Waals surface area contributed by atoms with Gasteiger partial charge in [0.1, 0.15) is 0 Å². The normalized spacial score (nSPS) is 11.7. The lowest BCUT2D eigenvalue weighted by Crippen LogP contribution is -2.14. The van der Waals surface area contributed by atoms with E-state index < -0.39 is 10.0 Å². The van der Waals surface area contributed by atoms with Crippen molar-refractivity contribution in [3.05, 3.63) is 59.2 Å². The van der Waals surface area contributed by atoms with E-state index >= 15 is 0 Å². The summed E-state index contributed by atoms with van der Waals surface area (Å²) in [6, 6.07) is 12.8. The summed E-state index contributed by atoms with van der Waals surface area (Å²) in [7, 11) is -3.55. The molecule has 2 aromatic carbocycles. The summed E-state index contributed by atoms with van der Waals surface area (Å²) in [6.07, 6.45) is 0. The van der Waals surface area contributed by atoms with Crippen LogP contribution in [0.4, 0.5) is 5.69 Å². The topological polar surface area (TPSA) is 46.2 Å². The lowest BCUT2D eigenvalue weighted by molar-refractivity contribution is 0.601. The van der Waals surface area contributed by atoms with Crippen LogP contribution in [0.15, 0.2) is 47.4 Å². The molecule has 0 aliphatic heterocycles. The first-order chi connectivity index (χ1) is 9.79. The fraction of sp³-hybridized carbons (Fsp3) is 0.294. The molecule has 0 spiro atoms. The highest BCUT2D eigenvalue weighted by Gasteiger charge is 2.15. The largest absolute Gasteiger partial charge is 0.279 e. The Morgan fingerprint density at radius 3 is 2.14 bits per heavy atom. The molecule has 0 radical (unpaired) electrons. The molecular weight excluding hydrogens is 282 g/mol. The number of nitrogens with one attached hydrogen (secondary N) is 1. The Bertz CT molecular complexity index is 732. The predicted molar refractivity (Wildman–Crippen MR) is 87.3 cm³/mol. The molecule has 0 aliphatic carbocycles. The van der Waals surface area contributed by atoms with E-state index in [4.69, 9.17) is 0 Å². The van der Waals surface area contributed by atoms with Crippen molar-refractivity contribution in [2.75, 3.05) is 4.72 Å². The van der Waals surface area contributed by atoms with Crippen molar-refractivity contribution in [2.45, 2.75) is 38.5 Å². The summed E-state index contributed by atoms with van der Waals surface area (Å²) in [4.78, 5) is 0.285. The Kier molecular flexibility index (Phi) is 4.37. The molecule has 0 aromatic heterocycles. The summed E-state index contributed by atoms with van der Waals surface area (Å²) in [5, 5.41) is 0. The third kappa shape index (κ3) is 3.64. The fourth-order valence-corrected chi connectivity index (χ4v) is 3.20. The van der Waals surface area contributed by atoms with Gasteiger partial charge in [-0.25, -0.2) is 8.42 Å². The quantitative estimate of drug-likeness (QED) is 0.919. The Morgan fingerprint density at radius 1 is 0.952 bits per heavy atom. The average molecular weight is 303 g/mol. The molecule has 2 rings (SSSR count). The minimum atomic E-state index is -3.55. The monoisotopic (exact) mass is 303 g/mol. The number of hydrogen-bond donors (Lipinski definition) is 1. The van der Waals surface area contributed by atoms with Crippen molar-refractivity contribution >= 4 is 15.7 Å². The lowest BCUT2D eigenvalue weighted by atomic mass is 10.0. The summed E-state index contributed by atoms with van der Waals surface area (Å²) in [5.41, 5.74) is 3.68. The number of rotatable bonds is 4. The summed E-state index contributed by atoms with van der Waals surface area (Å²) < 4.78 is 27.5. The Morgan fingerprint density at radius 2 is 1.57 bits per heavy atom. The first-order valence-electron chi connectivity index (χ1n) is 6.99. The Hall–Kier alpha value is -1.81. The van der Waals surface area contributed by atoms with Gasteiger partial charge in [0.15, 0.2) is 0 Å². The molecule has 21 heavy (non-hydrogen) atoms. The highest BCUT2D eigenvalue weighted by atomic mass is 32.2. The van der Waals surface area contributed by atoms with Gasteiger partial charge in [-0.2, -0.15) is 0 Å². The maximum Gasteiger partial charge on any atom is 0.261 e. The summed E-state index contributed by atoms with van der Waals surface area (Å²) in [5.74, 6) is 0.383. The molecule has 3 nitrogen and oxygen atoms in total. The van der Waals surface area contributed by atoms with Crippen LogP contribution in [0.5, 0.6) is 0 Å². The molecular formula is C17H21NO2S. The van der Waals surface area contributed by atoms with E-state index in [2.05, 4.69) is 18.6 Å². The van der Waals surface area contributed by atoms with Gasteiger partial charge in [-0.05, 0) is 54.7 Å². The van der Waals surface area contributed by atoms with Crippen LogP contribution in [0.25, 0.3) is 0 Å². The lowest BCUT2D eigenvalue weighted by Gasteiger charge is -2.12. The second-order valence-electron chi connectivity index (χ2n) is 5.65. The molecule has 0 amide bonds. The van der Waals surface area contributed by atoms with E-state index in [0.717, 1.165) is 16.7 Å². The molecule has 0 aliphatic rings. The first kappa shape index (κ1) is 15.6. The second kappa shape index (κ2) is 5.90. The third-order valence-electron chi connectivity index (χ3n) is 3.49. The predicted octanol–water partition coefficient (Wildman–Crippen LogP) is 4.23. The van der Waals surface area contributed by atoms with Crippen LogP contribution >= 0.6 is 0 Å². The molecule has 112 valence electrons. The minimum Gasteiger partial charge on any atom is -0.279 e. The van der Waals surface area contributed by atoms with Crippen molar-refractivity contribution in [1.29, 1.82) is 0 Å². The van der Waals surface area contributed by atoms with Gasteiger partial charge in [0, 0.05) is 0 Å². The molecule has 4 heteroatoms. The van der Waals surface area contributed by atoms with Crippen molar-refractivity contribution in [1.82, 2.24) is 0 Å². The summed E-state index contributed by atoms with van der Waals surface area (Å²) >= 11 is 0. The Balaban J connectivity index is 2.31. The first-order valence-corrected chi connectivity index (χ1v) is 8.48. The van der Waals surface area contributed by atoms with E-state index in [1.165, 1.54) is 0 Å². The van der Waals surface area contributed by atoms with Gasteiger partial charge >= 0.3 is 0 Å². The molecule has 0 saturated carbocycles. The van der Waals surface area contributed by atoms with Gasteiger partial charge in [0.2, 0.25) is 0 Å². The second-order valence-corrected chi connectivity index (χ2v) is 7.33. The van der Waals surface area contributed by atoms with Gasteiger partial charge < -0.3 is 0 Å². The maximum absolute atomic E-state index is 12.4. The molecule has 2 aromatic rings. The van der Waals surface area contributed by atoms with Gasteiger partial charge in [-0.3, -0.25) is 4.72 Å². The number of hydrogen-bond acceptors (Lipinski definition) is 2. The van der Waals surface area contributed by atoms with Gasteiger partial charge in [0.05, 0.1) is 10.6 Å². The van der Waals surface area contributed by atoms with Gasteiger partial charge in [-0.1, -0.05) is 38.1 Å². The van der Waals surface area contributed by atoms with Crippen molar-refractivity contribution in [3.63, 3.8) is 0 Å². The molecule has 0 saturated heterocycles. The molecule has 0 bridgehead atoms. The zero-order chi connectivity index (χ0) is 15.6. The van der Waals surface area contributed by atoms with Gasteiger partial charge in [0.25, 0.3) is 10.0 Å². The van der Waals surface area contributed by atoms with E-state index in [9.17, 15) is 8.42 Å². The third-order valence-corrected chi connectivity index (χ3v) is 4.88. The van der Waals surface area contributed by atoms with E-state index in [-0.39, 0.29) is 4.90 Å². The van der Waals surface area contributed by atoms with Crippen LogP contribution in [0.1, 0.15) is 36.5 Å². The molecule has 0 atom stereocenters. The van der Waals surface area contributed by atoms with Crippen LogP contribution < -0.4 is 4.72 Å². The van der Waals surface area contributed by atoms with E-state index in [1.54, 1.807) is 12.1 Å². The van der Waals surface area contributed by atoms with Crippen LogP contribution in [0, 0.1) is 13.8 Å². The minimum absolute atomic E-state index is 0.285. The number of anilines is 1. The van der Waals surface area contributed by atoms with E-state index in [0.29, 0.717) is 11.6 Å². The zero-order valence-corrected chi connectivity index (χ0v) is 13.7. The SMILES string of the molecule is Cc1ccc(C)c(NS(=O)(=O)c2ccc(C(C)C)cc2)c1. The number of sulfonamides is 1. The molecule has 0 unspecified atom stereocenters. The molecule has 0 fully saturated rings. The van der Waals surface area contributed by atoms with Crippen molar-refractivity contribution < 1.29 is 8.42 Å².